The molecule has 1 N–H and O–H groups in total. The molecule has 1 aromatic carbocycles. The zero-order valence-electron chi connectivity index (χ0n) is 12.5. The number of nitrogens with zero attached hydrogens (tertiary/aromatic N) is 1. The van der Waals surface area contributed by atoms with Gasteiger partial charge in [-0.2, -0.15) is 0 Å². The SMILES string of the molecule is Cc1cc(F)ccc1C(=O)NC(C)C(=O)N1CCCCC1. The van der Waals surface area contributed by atoms with Gasteiger partial charge in [-0.25, -0.2) is 4.39 Å². The Morgan fingerprint density at radius 2 is 1.90 bits per heavy atom. The Bertz CT molecular complexity index is 539. The molecule has 114 valence electrons. The summed E-state index contributed by atoms with van der Waals surface area (Å²) in [5.74, 6) is -0.769. The monoisotopic (exact) mass is 292 g/mol. The van der Waals surface area contributed by atoms with Gasteiger partial charge >= 0.3 is 0 Å². The molecular weight excluding hydrogens is 271 g/mol. The van der Waals surface area contributed by atoms with Gasteiger partial charge in [0.05, 0.1) is 0 Å². The van der Waals surface area contributed by atoms with Gasteiger partial charge in [0.25, 0.3) is 5.91 Å². The van der Waals surface area contributed by atoms with E-state index in [1.165, 1.54) is 18.2 Å². The number of carbonyl (C=O) groups excluding carboxylic acids is 2. The highest BCUT2D eigenvalue weighted by atomic mass is 19.1. The molecule has 1 aliphatic rings. The van der Waals surface area contributed by atoms with Gasteiger partial charge in [-0.1, -0.05) is 0 Å². The number of hydrogen-bond donors (Lipinski definition) is 1. The second-order valence-electron chi connectivity index (χ2n) is 5.54. The zero-order valence-corrected chi connectivity index (χ0v) is 12.5. The first-order valence-electron chi connectivity index (χ1n) is 7.35. The van der Waals surface area contributed by atoms with Gasteiger partial charge in [0.2, 0.25) is 5.91 Å². The molecule has 1 aliphatic heterocycles. The van der Waals surface area contributed by atoms with Crippen molar-refractivity contribution in [3.63, 3.8) is 0 Å². The van der Waals surface area contributed by atoms with Crippen LogP contribution < -0.4 is 5.32 Å². The van der Waals surface area contributed by atoms with Crippen molar-refractivity contribution in [2.75, 3.05) is 13.1 Å². The number of likely N-dealkylation sites (tertiary alicyclic amines) is 1. The van der Waals surface area contributed by atoms with E-state index in [9.17, 15) is 14.0 Å². The van der Waals surface area contributed by atoms with Crippen molar-refractivity contribution in [1.29, 1.82) is 0 Å². The Morgan fingerprint density at radius 3 is 2.52 bits per heavy atom. The fourth-order valence-electron chi connectivity index (χ4n) is 2.61. The lowest BCUT2D eigenvalue weighted by Gasteiger charge is -2.29. The Balaban J connectivity index is 1.99. The minimum atomic E-state index is -0.569. The number of amides is 2. The van der Waals surface area contributed by atoms with E-state index in [4.69, 9.17) is 0 Å². The summed E-state index contributed by atoms with van der Waals surface area (Å²) in [6.07, 6.45) is 3.19. The number of benzene rings is 1. The fourth-order valence-corrected chi connectivity index (χ4v) is 2.61. The third kappa shape index (κ3) is 3.80. The van der Waals surface area contributed by atoms with Gasteiger partial charge in [-0.3, -0.25) is 9.59 Å². The lowest BCUT2D eigenvalue weighted by Crippen LogP contribution is -2.48. The van der Waals surface area contributed by atoms with Crippen LogP contribution in [0.1, 0.15) is 42.1 Å². The van der Waals surface area contributed by atoms with Gasteiger partial charge in [0.1, 0.15) is 11.9 Å². The third-order valence-electron chi connectivity index (χ3n) is 3.82. The van der Waals surface area contributed by atoms with E-state index in [1.807, 2.05) is 0 Å². The van der Waals surface area contributed by atoms with Crippen LogP contribution in [0.4, 0.5) is 4.39 Å². The molecule has 2 rings (SSSR count). The minimum absolute atomic E-state index is 0.0529. The lowest BCUT2D eigenvalue weighted by atomic mass is 10.1. The molecule has 0 bridgehead atoms. The molecule has 1 fully saturated rings. The number of hydrogen-bond acceptors (Lipinski definition) is 2. The van der Waals surface area contributed by atoms with Crippen LogP contribution in [-0.4, -0.2) is 35.8 Å². The molecule has 21 heavy (non-hydrogen) atoms. The largest absolute Gasteiger partial charge is 0.341 e. The maximum atomic E-state index is 13.1. The van der Waals surface area contributed by atoms with Crippen molar-refractivity contribution in [3.05, 3.63) is 35.1 Å². The van der Waals surface area contributed by atoms with Gasteiger partial charge in [0, 0.05) is 18.7 Å². The molecule has 0 aromatic heterocycles. The molecule has 4 nitrogen and oxygen atoms in total. The Hall–Kier alpha value is -1.91. The summed E-state index contributed by atoms with van der Waals surface area (Å²) in [5, 5.41) is 2.70. The van der Waals surface area contributed by atoms with E-state index in [0.717, 1.165) is 32.4 Å². The van der Waals surface area contributed by atoms with E-state index in [-0.39, 0.29) is 17.6 Å². The normalized spacial score (nSPS) is 16.4. The predicted octanol–water partition coefficient (Wildman–Crippen LogP) is 2.26. The van der Waals surface area contributed by atoms with Crippen LogP contribution in [-0.2, 0) is 4.79 Å². The first kappa shape index (κ1) is 15.5. The van der Waals surface area contributed by atoms with Crippen molar-refractivity contribution in [1.82, 2.24) is 10.2 Å². The third-order valence-corrected chi connectivity index (χ3v) is 3.82. The van der Waals surface area contributed by atoms with Crippen LogP contribution in [0.15, 0.2) is 18.2 Å². The molecule has 0 spiro atoms. The van der Waals surface area contributed by atoms with Crippen LogP contribution in [0.5, 0.6) is 0 Å². The smallest absolute Gasteiger partial charge is 0.252 e. The summed E-state index contributed by atoms with van der Waals surface area (Å²) in [6, 6.07) is 3.43. The first-order valence-corrected chi connectivity index (χ1v) is 7.35. The van der Waals surface area contributed by atoms with E-state index >= 15 is 0 Å². The summed E-state index contributed by atoms with van der Waals surface area (Å²) in [4.78, 5) is 26.2. The molecule has 0 radical (unpaired) electrons. The molecule has 0 saturated carbocycles. The zero-order chi connectivity index (χ0) is 15.4. The summed E-state index contributed by atoms with van der Waals surface area (Å²) in [5.41, 5.74) is 0.958. The Morgan fingerprint density at radius 1 is 1.24 bits per heavy atom. The molecule has 1 saturated heterocycles. The van der Waals surface area contributed by atoms with Crippen molar-refractivity contribution in [2.45, 2.75) is 39.2 Å². The van der Waals surface area contributed by atoms with Crippen molar-refractivity contribution >= 4 is 11.8 Å². The molecule has 1 aromatic rings. The number of carbonyl (C=O) groups is 2. The minimum Gasteiger partial charge on any atom is -0.341 e. The van der Waals surface area contributed by atoms with Gasteiger partial charge in [-0.15, -0.1) is 0 Å². The maximum absolute atomic E-state index is 13.1. The maximum Gasteiger partial charge on any atom is 0.252 e. The van der Waals surface area contributed by atoms with E-state index in [1.54, 1.807) is 18.7 Å². The van der Waals surface area contributed by atoms with Crippen LogP contribution in [0.3, 0.4) is 0 Å². The van der Waals surface area contributed by atoms with Crippen LogP contribution >= 0.6 is 0 Å². The quantitative estimate of drug-likeness (QED) is 0.929. The summed E-state index contributed by atoms with van der Waals surface area (Å²) < 4.78 is 13.1. The average Bonchev–Trinajstić information content (AvgIpc) is 2.47. The Kier molecular flexibility index (Phi) is 4.94. The van der Waals surface area contributed by atoms with E-state index < -0.39 is 6.04 Å². The molecular formula is C16H21FN2O2. The summed E-state index contributed by atoms with van der Waals surface area (Å²) in [6.45, 7) is 4.88. The number of halogens is 1. The van der Waals surface area contributed by atoms with E-state index in [0.29, 0.717) is 11.1 Å². The summed E-state index contributed by atoms with van der Waals surface area (Å²) in [7, 11) is 0. The Labute approximate surface area is 124 Å². The number of rotatable bonds is 3. The number of piperidine rings is 1. The molecule has 2 amide bonds. The molecule has 5 heteroatoms. The highest BCUT2D eigenvalue weighted by Crippen LogP contribution is 2.12. The van der Waals surface area contributed by atoms with Gasteiger partial charge in [-0.05, 0) is 56.9 Å². The van der Waals surface area contributed by atoms with Crippen molar-refractivity contribution < 1.29 is 14.0 Å². The fraction of sp³-hybridized carbons (Fsp3) is 0.500. The van der Waals surface area contributed by atoms with Crippen LogP contribution in [0.25, 0.3) is 0 Å². The second-order valence-corrected chi connectivity index (χ2v) is 5.54. The number of aryl methyl sites for hydroxylation is 1. The predicted molar refractivity (Wildman–Crippen MR) is 78.5 cm³/mol. The standard InChI is InChI=1S/C16H21FN2O2/c1-11-10-13(17)6-7-14(11)15(20)18-12(2)16(21)19-8-4-3-5-9-19/h6-7,10,12H,3-5,8-9H2,1-2H3,(H,18,20). The topological polar surface area (TPSA) is 49.4 Å². The van der Waals surface area contributed by atoms with Crippen LogP contribution in [0.2, 0.25) is 0 Å². The first-order chi connectivity index (χ1) is 9.99. The lowest BCUT2D eigenvalue weighted by molar-refractivity contribution is -0.133. The van der Waals surface area contributed by atoms with E-state index in [2.05, 4.69) is 5.32 Å². The average molecular weight is 292 g/mol. The molecule has 1 heterocycles. The van der Waals surface area contributed by atoms with Crippen molar-refractivity contribution in [2.24, 2.45) is 0 Å². The molecule has 1 unspecified atom stereocenters. The summed E-state index contributed by atoms with van der Waals surface area (Å²) >= 11 is 0. The number of nitrogens with one attached hydrogen (secondary N) is 1. The van der Waals surface area contributed by atoms with Gasteiger partial charge in [0.15, 0.2) is 0 Å². The van der Waals surface area contributed by atoms with Crippen molar-refractivity contribution in [3.8, 4) is 0 Å². The molecule has 0 aliphatic carbocycles. The highest BCUT2D eigenvalue weighted by Gasteiger charge is 2.24. The second kappa shape index (κ2) is 6.70. The van der Waals surface area contributed by atoms with Gasteiger partial charge < -0.3 is 10.2 Å². The highest BCUT2D eigenvalue weighted by molar-refractivity contribution is 5.98. The molecule has 1 atom stereocenters. The van der Waals surface area contributed by atoms with Crippen LogP contribution in [0, 0.1) is 12.7 Å².